The van der Waals surface area contributed by atoms with Gasteiger partial charge in [0.25, 0.3) is 0 Å². The minimum Gasteiger partial charge on any atom is -0.398 e. The molecule has 21 heavy (non-hydrogen) atoms. The molecule has 2 saturated heterocycles. The number of fused-ring (bicyclic) bond motifs is 2. The highest BCUT2D eigenvalue weighted by Crippen LogP contribution is 2.35. The molecule has 5 heteroatoms. The smallest absolute Gasteiger partial charge is 0.238 e. The van der Waals surface area contributed by atoms with Crippen LogP contribution in [0.2, 0.25) is 0 Å². The zero-order valence-corrected chi connectivity index (χ0v) is 12.4. The number of nitrogens with one attached hydrogen (secondary N) is 1. The molecule has 1 amide bonds. The number of piperidine rings is 1. The van der Waals surface area contributed by atoms with E-state index in [4.69, 9.17) is 5.73 Å². The Labute approximate surface area is 125 Å². The molecule has 2 bridgehead atoms. The predicted molar refractivity (Wildman–Crippen MR) is 83.0 cm³/mol. The molecule has 2 heterocycles. The van der Waals surface area contributed by atoms with Gasteiger partial charge in [0.05, 0.1) is 12.6 Å². The van der Waals surface area contributed by atoms with Crippen LogP contribution in [-0.2, 0) is 4.79 Å². The van der Waals surface area contributed by atoms with E-state index in [-0.39, 0.29) is 12.0 Å². The van der Waals surface area contributed by atoms with Crippen molar-refractivity contribution in [1.82, 2.24) is 4.90 Å². The highest BCUT2D eigenvalue weighted by Gasteiger charge is 2.40. The Kier molecular flexibility index (Phi) is 3.87. The van der Waals surface area contributed by atoms with Gasteiger partial charge in [0.2, 0.25) is 5.91 Å². The maximum Gasteiger partial charge on any atom is 0.238 e. The number of benzene rings is 1. The zero-order valence-electron chi connectivity index (χ0n) is 12.4. The zero-order chi connectivity index (χ0) is 15.0. The highest BCUT2D eigenvalue weighted by molar-refractivity contribution is 5.93. The molecule has 2 aliphatic heterocycles. The second-order valence-corrected chi connectivity index (χ2v) is 6.25. The van der Waals surface area contributed by atoms with Crippen molar-refractivity contribution in [3.8, 4) is 0 Å². The Morgan fingerprint density at radius 2 is 2.05 bits per heavy atom. The molecule has 1 aromatic rings. The van der Waals surface area contributed by atoms with E-state index in [9.17, 15) is 9.90 Å². The van der Waals surface area contributed by atoms with Crippen LogP contribution in [0.15, 0.2) is 18.2 Å². The van der Waals surface area contributed by atoms with E-state index in [0.717, 1.165) is 36.9 Å². The van der Waals surface area contributed by atoms with Crippen LogP contribution in [0.25, 0.3) is 0 Å². The Bertz CT molecular complexity index is 532. The molecule has 2 fully saturated rings. The summed E-state index contributed by atoms with van der Waals surface area (Å²) in [7, 11) is 0. The van der Waals surface area contributed by atoms with Gasteiger partial charge in [0.15, 0.2) is 0 Å². The van der Waals surface area contributed by atoms with Crippen molar-refractivity contribution in [3.63, 3.8) is 0 Å². The van der Waals surface area contributed by atoms with E-state index < -0.39 is 0 Å². The van der Waals surface area contributed by atoms with Crippen molar-refractivity contribution >= 4 is 17.3 Å². The summed E-state index contributed by atoms with van der Waals surface area (Å²) in [5.41, 5.74) is 8.24. The van der Waals surface area contributed by atoms with Crippen molar-refractivity contribution in [2.45, 2.75) is 50.8 Å². The van der Waals surface area contributed by atoms with Crippen LogP contribution in [0, 0.1) is 6.92 Å². The molecule has 0 radical (unpaired) electrons. The van der Waals surface area contributed by atoms with E-state index in [0.29, 0.717) is 24.3 Å². The Morgan fingerprint density at radius 3 is 2.71 bits per heavy atom. The predicted octanol–water partition coefficient (Wildman–Crippen LogP) is 1.50. The summed E-state index contributed by atoms with van der Waals surface area (Å²) in [5.74, 6) is -0.00279. The number of anilines is 2. The number of nitrogens with two attached hydrogens (primary N) is 1. The number of carbonyl (C=O) groups excluding carboxylic acids is 1. The van der Waals surface area contributed by atoms with Crippen LogP contribution in [0.1, 0.15) is 31.2 Å². The lowest BCUT2D eigenvalue weighted by molar-refractivity contribution is -0.119. The summed E-state index contributed by atoms with van der Waals surface area (Å²) >= 11 is 0. The van der Waals surface area contributed by atoms with Crippen molar-refractivity contribution in [1.29, 1.82) is 0 Å². The molecule has 0 saturated carbocycles. The summed E-state index contributed by atoms with van der Waals surface area (Å²) in [6.07, 6.45) is 3.57. The molecule has 1 aromatic carbocycles. The highest BCUT2D eigenvalue weighted by atomic mass is 16.3. The van der Waals surface area contributed by atoms with Crippen LogP contribution in [0.5, 0.6) is 0 Å². The number of nitrogen functional groups attached to an aromatic ring is 1. The number of rotatable bonds is 3. The fourth-order valence-corrected chi connectivity index (χ4v) is 3.65. The largest absolute Gasteiger partial charge is 0.398 e. The van der Waals surface area contributed by atoms with E-state index in [1.54, 1.807) is 0 Å². The van der Waals surface area contributed by atoms with E-state index in [1.165, 1.54) is 0 Å². The third kappa shape index (κ3) is 2.89. The number of nitrogens with zero attached hydrogens (tertiary/aromatic N) is 1. The maximum atomic E-state index is 12.3. The Balaban J connectivity index is 1.64. The summed E-state index contributed by atoms with van der Waals surface area (Å²) in [6.45, 7) is 2.31. The number of carbonyl (C=O) groups is 1. The molecule has 0 aliphatic carbocycles. The number of hydrogen-bond donors (Lipinski definition) is 3. The molecule has 0 spiro atoms. The number of aliphatic hydroxyl groups is 1. The van der Waals surface area contributed by atoms with Crippen LogP contribution < -0.4 is 11.1 Å². The van der Waals surface area contributed by atoms with Crippen LogP contribution >= 0.6 is 0 Å². The van der Waals surface area contributed by atoms with Gasteiger partial charge >= 0.3 is 0 Å². The first kappa shape index (κ1) is 14.4. The minimum atomic E-state index is -0.196. The van der Waals surface area contributed by atoms with E-state index in [1.807, 2.05) is 25.1 Å². The number of amides is 1. The van der Waals surface area contributed by atoms with Gasteiger partial charge in [-0.3, -0.25) is 9.69 Å². The molecular formula is C16H23N3O2. The van der Waals surface area contributed by atoms with Crippen LogP contribution in [0.3, 0.4) is 0 Å². The molecule has 3 rings (SSSR count). The molecule has 5 nitrogen and oxygen atoms in total. The lowest BCUT2D eigenvalue weighted by Crippen LogP contribution is -2.47. The topological polar surface area (TPSA) is 78.6 Å². The van der Waals surface area contributed by atoms with Crippen molar-refractivity contribution in [2.24, 2.45) is 0 Å². The molecule has 2 aliphatic rings. The Hall–Kier alpha value is -1.59. The van der Waals surface area contributed by atoms with E-state index in [2.05, 4.69) is 10.2 Å². The summed E-state index contributed by atoms with van der Waals surface area (Å²) in [4.78, 5) is 14.5. The average molecular weight is 289 g/mol. The Morgan fingerprint density at radius 1 is 1.38 bits per heavy atom. The molecule has 0 aromatic heterocycles. The lowest BCUT2D eigenvalue weighted by Gasteiger charge is -2.36. The first-order valence-corrected chi connectivity index (χ1v) is 7.63. The molecule has 2 unspecified atom stereocenters. The molecule has 114 valence electrons. The quantitative estimate of drug-likeness (QED) is 0.737. The minimum absolute atomic E-state index is 0.00279. The summed E-state index contributed by atoms with van der Waals surface area (Å²) in [6, 6.07) is 6.26. The van der Waals surface area contributed by atoms with Gasteiger partial charge in [-0.15, -0.1) is 0 Å². The van der Waals surface area contributed by atoms with Gasteiger partial charge in [-0.25, -0.2) is 0 Å². The fourth-order valence-electron chi connectivity index (χ4n) is 3.65. The number of hydrogen-bond acceptors (Lipinski definition) is 4. The molecular weight excluding hydrogens is 266 g/mol. The lowest BCUT2D eigenvalue weighted by atomic mass is 10.00. The molecule has 4 N–H and O–H groups in total. The van der Waals surface area contributed by atoms with Crippen LogP contribution in [-0.4, -0.2) is 40.6 Å². The SMILES string of the molecule is Cc1c(N)cccc1NC(=O)CN1C2CCC1CC(O)C2. The van der Waals surface area contributed by atoms with Crippen molar-refractivity contribution in [2.75, 3.05) is 17.6 Å². The number of aliphatic hydroxyl groups excluding tert-OH is 1. The van der Waals surface area contributed by atoms with Crippen LogP contribution in [0.4, 0.5) is 11.4 Å². The summed E-state index contributed by atoms with van der Waals surface area (Å²) < 4.78 is 0. The van der Waals surface area contributed by atoms with Gasteiger partial charge in [0.1, 0.15) is 0 Å². The summed E-state index contributed by atoms with van der Waals surface area (Å²) in [5, 5.41) is 12.8. The second kappa shape index (κ2) is 5.66. The maximum absolute atomic E-state index is 12.3. The second-order valence-electron chi connectivity index (χ2n) is 6.25. The van der Waals surface area contributed by atoms with Gasteiger partial charge in [0, 0.05) is 23.5 Å². The van der Waals surface area contributed by atoms with Gasteiger partial charge in [-0.2, -0.15) is 0 Å². The average Bonchev–Trinajstić information content (AvgIpc) is 2.68. The van der Waals surface area contributed by atoms with Gasteiger partial charge in [-0.05, 0) is 50.3 Å². The molecule has 2 atom stereocenters. The third-order valence-electron chi connectivity index (χ3n) is 4.84. The monoisotopic (exact) mass is 289 g/mol. The first-order chi connectivity index (χ1) is 10.0. The normalized spacial score (nSPS) is 28.6. The van der Waals surface area contributed by atoms with Gasteiger partial charge in [-0.1, -0.05) is 6.07 Å². The fraction of sp³-hybridized carbons (Fsp3) is 0.562. The van der Waals surface area contributed by atoms with Gasteiger partial charge < -0.3 is 16.2 Å². The van der Waals surface area contributed by atoms with Crippen molar-refractivity contribution in [3.05, 3.63) is 23.8 Å². The standard InChI is InChI=1S/C16H23N3O2/c1-10-14(17)3-2-4-15(10)18-16(21)9-19-11-5-6-12(19)8-13(20)7-11/h2-4,11-13,20H,5-9,17H2,1H3,(H,18,21). The van der Waals surface area contributed by atoms with E-state index >= 15 is 0 Å². The van der Waals surface area contributed by atoms with Crippen molar-refractivity contribution < 1.29 is 9.90 Å². The first-order valence-electron chi connectivity index (χ1n) is 7.63. The third-order valence-corrected chi connectivity index (χ3v) is 4.84.